The summed E-state index contributed by atoms with van der Waals surface area (Å²) in [6, 6.07) is 14.4. The first kappa shape index (κ1) is 24.0. The Morgan fingerprint density at radius 3 is 2.34 bits per heavy atom. The summed E-state index contributed by atoms with van der Waals surface area (Å²) in [5.41, 5.74) is 4.58. The van der Waals surface area contributed by atoms with Gasteiger partial charge >= 0.3 is 12.1 Å². The predicted octanol–water partition coefficient (Wildman–Crippen LogP) is 3.95. The molecule has 0 spiro atoms. The number of carboxylic acids is 1. The molecule has 35 heavy (non-hydrogen) atoms. The first-order valence-electron chi connectivity index (χ1n) is 10.9. The molecule has 178 valence electrons. The Kier molecular flexibility index (Phi) is 7.13. The quantitative estimate of drug-likeness (QED) is 0.413. The molecule has 0 bridgehead atoms. The van der Waals surface area contributed by atoms with Crippen molar-refractivity contribution in [3.8, 4) is 23.5 Å². The molecule has 0 aliphatic heterocycles. The highest BCUT2D eigenvalue weighted by atomic mass is 32.1. The minimum atomic E-state index is -1.22. The van der Waals surface area contributed by atoms with Crippen LogP contribution in [-0.2, 0) is 9.53 Å². The van der Waals surface area contributed by atoms with Gasteiger partial charge in [-0.2, -0.15) is 0 Å². The lowest BCUT2D eigenvalue weighted by atomic mass is 9.98. The van der Waals surface area contributed by atoms with E-state index in [2.05, 4.69) is 33.7 Å². The van der Waals surface area contributed by atoms with E-state index < -0.39 is 30.1 Å². The Labute approximate surface area is 206 Å². The standard InChI is InChI=1S/C26H23N3O5S/c1-3-8-21(25(31)32)28-23(30)22-14-35-24(29-22)15(2)27-26(33)34-13-20-18-11-6-4-9-16(18)17-10-5-7-12-19(17)20/h1,4-7,9-12,14-15,20-21H,8,13H2,2H3,(H,27,33)(H,28,30)(H,31,32). The lowest BCUT2D eigenvalue weighted by Gasteiger charge is -2.16. The van der Waals surface area contributed by atoms with Crippen molar-refractivity contribution >= 4 is 29.3 Å². The predicted molar refractivity (Wildman–Crippen MR) is 131 cm³/mol. The number of hydrogen-bond donors (Lipinski definition) is 3. The van der Waals surface area contributed by atoms with Crippen LogP contribution in [0.5, 0.6) is 0 Å². The number of rotatable bonds is 8. The number of fused-ring (bicyclic) bond motifs is 3. The van der Waals surface area contributed by atoms with E-state index in [0.717, 1.165) is 22.3 Å². The zero-order valence-corrected chi connectivity index (χ0v) is 19.7. The third kappa shape index (κ3) is 5.18. The second-order valence-corrected chi connectivity index (χ2v) is 8.92. The van der Waals surface area contributed by atoms with Crippen LogP contribution >= 0.6 is 11.3 Å². The molecule has 0 radical (unpaired) electrons. The van der Waals surface area contributed by atoms with Crippen LogP contribution in [0.25, 0.3) is 11.1 Å². The number of benzene rings is 2. The van der Waals surface area contributed by atoms with Gasteiger partial charge in [0.05, 0.1) is 6.04 Å². The number of carbonyl (C=O) groups excluding carboxylic acids is 2. The van der Waals surface area contributed by atoms with Gasteiger partial charge in [-0.05, 0) is 29.2 Å². The van der Waals surface area contributed by atoms with Gasteiger partial charge in [0.1, 0.15) is 23.4 Å². The number of nitrogens with one attached hydrogen (secondary N) is 2. The molecule has 3 N–H and O–H groups in total. The monoisotopic (exact) mass is 489 g/mol. The summed E-state index contributed by atoms with van der Waals surface area (Å²) in [6.07, 6.45) is 4.42. The number of hydrogen-bond acceptors (Lipinski definition) is 6. The molecule has 1 aliphatic carbocycles. The van der Waals surface area contributed by atoms with Gasteiger partial charge in [0.2, 0.25) is 0 Å². The van der Waals surface area contributed by atoms with E-state index in [0.29, 0.717) is 5.01 Å². The van der Waals surface area contributed by atoms with Crippen LogP contribution < -0.4 is 10.6 Å². The van der Waals surface area contributed by atoms with Gasteiger partial charge in [0.15, 0.2) is 0 Å². The van der Waals surface area contributed by atoms with Crippen LogP contribution in [-0.4, -0.2) is 40.7 Å². The zero-order chi connectivity index (χ0) is 24.9. The van der Waals surface area contributed by atoms with Crippen molar-refractivity contribution in [3.05, 3.63) is 75.7 Å². The number of terminal acetylenes is 1. The van der Waals surface area contributed by atoms with Crippen LogP contribution in [0, 0.1) is 12.3 Å². The summed E-state index contributed by atoms with van der Waals surface area (Å²) >= 11 is 1.17. The summed E-state index contributed by atoms with van der Waals surface area (Å²) < 4.78 is 5.56. The van der Waals surface area contributed by atoms with E-state index in [1.54, 1.807) is 6.92 Å². The molecule has 1 heterocycles. The summed E-state index contributed by atoms with van der Waals surface area (Å²) in [5, 5.41) is 16.2. The Hall–Kier alpha value is -4.16. The second kappa shape index (κ2) is 10.4. The fourth-order valence-corrected chi connectivity index (χ4v) is 4.83. The molecule has 4 rings (SSSR count). The number of aliphatic carboxylic acids is 1. The van der Waals surface area contributed by atoms with Crippen molar-refractivity contribution in [1.29, 1.82) is 0 Å². The maximum atomic E-state index is 12.5. The van der Waals surface area contributed by atoms with Crippen LogP contribution in [0.3, 0.4) is 0 Å². The highest BCUT2D eigenvalue weighted by Gasteiger charge is 2.29. The van der Waals surface area contributed by atoms with E-state index in [-0.39, 0.29) is 24.6 Å². The lowest BCUT2D eigenvalue weighted by molar-refractivity contribution is -0.139. The van der Waals surface area contributed by atoms with Gasteiger partial charge in [0.25, 0.3) is 5.91 Å². The third-order valence-corrected chi connectivity index (χ3v) is 6.76. The number of alkyl carbamates (subject to hydrolysis) is 1. The lowest BCUT2D eigenvalue weighted by Crippen LogP contribution is -2.40. The second-order valence-electron chi connectivity index (χ2n) is 8.04. The Morgan fingerprint density at radius 2 is 1.74 bits per heavy atom. The fraction of sp³-hybridized carbons (Fsp3) is 0.231. The van der Waals surface area contributed by atoms with Crippen LogP contribution in [0.4, 0.5) is 4.79 Å². The molecular weight excluding hydrogens is 466 g/mol. The summed E-state index contributed by atoms with van der Waals surface area (Å²) in [6.45, 7) is 1.91. The van der Waals surface area contributed by atoms with E-state index in [1.165, 1.54) is 16.7 Å². The van der Waals surface area contributed by atoms with Crippen LogP contribution in [0.1, 0.15) is 51.9 Å². The molecule has 0 fully saturated rings. The molecule has 8 nitrogen and oxygen atoms in total. The number of thiazole rings is 1. The number of carbonyl (C=O) groups is 3. The van der Waals surface area contributed by atoms with Crippen molar-refractivity contribution < 1.29 is 24.2 Å². The normalized spacial score (nSPS) is 13.6. The Bertz CT molecular complexity index is 1270. The third-order valence-electron chi connectivity index (χ3n) is 5.73. The van der Waals surface area contributed by atoms with E-state index in [1.807, 2.05) is 36.4 Å². The van der Waals surface area contributed by atoms with Crippen molar-refractivity contribution in [3.63, 3.8) is 0 Å². The molecule has 2 amide bonds. The van der Waals surface area contributed by atoms with E-state index in [9.17, 15) is 14.4 Å². The first-order chi connectivity index (χ1) is 16.9. The molecule has 2 unspecified atom stereocenters. The number of ether oxygens (including phenoxy) is 1. The minimum Gasteiger partial charge on any atom is -0.480 e. The molecule has 0 saturated carbocycles. The van der Waals surface area contributed by atoms with Gasteiger partial charge in [0, 0.05) is 17.7 Å². The zero-order valence-electron chi connectivity index (χ0n) is 18.9. The topological polar surface area (TPSA) is 118 Å². The maximum Gasteiger partial charge on any atom is 0.407 e. The van der Waals surface area contributed by atoms with Gasteiger partial charge in [-0.1, -0.05) is 48.5 Å². The smallest absolute Gasteiger partial charge is 0.407 e. The first-order valence-corrected chi connectivity index (χ1v) is 11.8. The van der Waals surface area contributed by atoms with Crippen molar-refractivity contribution in [2.75, 3.05) is 6.61 Å². The average Bonchev–Trinajstić information content (AvgIpc) is 3.46. The largest absolute Gasteiger partial charge is 0.480 e. The highest BCUT2D eigenvalue weighted by molar-refractivity contribution is 7.09. The molecule has 0 saturated heterocycles. The molecular formula is C26H23N3O5S. The molecule has 9 heteroatoms. The Balaban J connectivity index is 1.35. The van der Waals surface area contributed by atoms with Crippen molar-refractivity contribution in [2.45, 2.75) is 31.3 Å². The number of nitrogens with zero attached hydrogens (tertiary/aromatic N) is 1. The van der Waals surface area contributed by atoms with Crippen molar-refractivity contribution in [2.24, 2.45) is 0 Å². The van der Waals surface area contributed by atoms with E-state index >= 15 is 0 Å². The molecule has 2 atom stereocenters. The summed E-state index contributed by atoms with van der Waals surface area (Å²) in [5.74, 6) is 0.293. The van der Waals surface area contributed by atoms with Gasteiger partial charge in [-0.25, -0.2) is 14.6 Å². The molecule has 1 aliphatic rings. The van der Waals surface area contributed by atoms with E-state index in [4.69, 9.17) is 16.3 Å². The minimum absolute atomic E-state index is 0.0504. The highest BCUT2D eigenvalue weighted by Crippen LogP contribution is 2.44. The summed E-state index contributed by atoms with van der Waals surface area (Å²) in [4.78, 5) is 40.3. The van der Waals surface area contributed by atoms with Gasteiger partial charge in [-0.15, -0.1) is 23.7 Å². The molecule has 2 aromatic carbocycles. The SMILES string of the molecule is C#CCC(NC(=O)c1csc(C(C)NC(=O)OCC2c3ccccc3-c3ccccc32)n1)C(=O)O. The molecule has 1 aromatic heterocycles. The number of aromatic nitrogens is 1. The Morgan fingerprint density at radius 1 is 1.11 bits per heavy atom. The maximum absolute atomic E-state index is 12.5. The average molecular weight is 490 g/mol. The van der Waals surface area contributed by atoms with Crippen LogP contribution in [0.15, 0.2) is 53.9 Å². The summed E-state index contributed by atoms with van der Waals surface area (Å²) in [7, 11) is 0. The van der Waals surface area contributed by atoms with Crippen LogP contribution in [0.2, 0.25) is 0 Å². The fourth-order valence-electron chi connectivity index (χ4n) is 4.02. The van der Waals surface area contributed by atoms with Gasteiger partial charge in [-0.3, -0.25) is 4.79 Å². The van der Waals surface area contributed by atoms with Gasteiger partial charge < -0.3 is 20.5 Å². The number of amides is 2. The number of carboxylic acid groups (broad SMARTS) is 1. The van der Waals surface area contributed by atoms with Crippen molar-refractivity contribution in [1.82, 2.24) is 15.6 Å². The molecule has 3 aromatic rings.